The Balaban J connectivity index is 1.75. The number of phenols is 1. The molecule has 0 saturated heterocycles. The van der Waals surface area contributed by atoms with Crippen molar-refractivity contribution in [3.05, 3.63) is 96.1 Å². The highest BCUT2D eigenvalue weighted by molar-refractivity contribution is 5.30. The van der Waals surface area contributed by atoms with Gasteiger partial charge < -0.3 is 9.84 Å². The zero-order valence-electron chi connectivity index (χ0n) is 23.9. The van der Waals surface area contributed by atoms with Crippen molar-refractivity contribution in [2.45, 2.75) is 103 Å². The van der Waals surface area contributed by atoms with Gasteiger partial charge in [-0.2, -0.15) is 0 Å². The third-order valence-corrected chi connectivity index (χ3v) is 7.94. The smallest absolute Gasteiger partial charge is 0.119 e. The minimum atomic E-state index is 0.273. The quantitative estimate of drug-likeness (QED) is 0.161. The maximum atomic E-state index is 9.67. The second-order valence-electron chi connectivity index (χ2n) is 11.1. The van der Waals surface area contributed by atoms with Gasteiger partial charge in [-0.25, -0.2) is 0 Å². The number of hydrogen-bond donors (Lipinski definition) is 1. The first-order valence-corrected chi connectivity index (χ1v) is 15.2. The molecule has 0 radical (unpaired) electrons. The van der Waals surface area contributed by atoms with Gasteiger partial charge in [-0.15, -0.1) is 0 Å². The van der Waals surface area contributed by atoms with Crippen LogP contribution >= 0.6 is 0 Å². The van der Waals surface area contributed by atoms with Crippen LogP contribution in [0.1, 0.15) is 114 Å². The first kappa shape index (κ1) is 29.8. The lowest BCUT2D eigenvalue weighted by Crippen LogP contribution is -2.17. The predicted octanol–water partition coefficient (Wildman–Crippen LogP) is 10.7. The maximum absolute atomic E-state index is 9.67. The van der Waals surface area contributed by atoms with Gasteiger partial charge in [0.15, 0.2) is 0 Å². The summed E-state index contributed by atoms with van der Waals surface area (Å²) in [6, 6.07) is 29.3. The van der Waals surface area contributed by atoms with Crippen molar-refractivity contribution in [1.82, 2.24) is 0 Å². The molecule has 206 valence electrons. The van der Waals surface area contributed by atoms with Gasteiger partial charge >= 0.3 is 0 Å². The SMILES string of the molecule is CCCCCCCCC(CC(CCCC)c1ccccc1)CC(COc1ccc(O)cc1)c1ccccc1. The van der Waals surface area contributed by atoms with Crippen molar-refractivity contribution in [3.63, 3.8) is 0 Å². The fraction of sp³-hybridized carbons (Fsp3) is 0.500. The molecule has 0 bridgehead atoms. The van der Waals surface area contributed by atoms with Crippen molar-refractivity contribution in [2.24, 2.45) is 5.92 Å². The van der Waals surface area contributed by atoms with E-state index in [0.29, 0.717) is 24.4 Å². The zero-order chi connectivity index (χ0) is 26.8. The Kier molecular flexibility index (Phi) is 13.9. The second-order valence-corrected chi connectivity index (χ2v) is 11.1. The normalized spacial score (nSPS) is 13.6. The van der Waals surface area contributed by atoms with Crippen LogP contribution < -0.4 is 4.74 Å². The molecule has 0 saturated carbocycles. The molecule has 2 heteroatoms. The van der Waals surface area contributed by atoms with Crippen LogP contribution in [0.2, 0.25) is 0 Å². The van der Waals surface area contributed by atoms with Crippen molar-refractivity contribution in [1.29, 1.82) is 0 Å². The molecule has 0 aliphatic rings. The molecule has 3 rings (SSSR count). The van der Waals surface area contributed by atoms with Crippen LogP contribution in [-0.2, 0) is 0 Å². The predicted molar refractivity (Wildman–Crippen MR) is 162 cm³/mol. The van der Waals surface area contributed by atoms with Gasteiger partial charge in [0, 0.05) is 5.92 Å². The molecular formula is C36H50O2. The van der Waals surface area contributed by atoms with E-state index in [2.05, 4.69) is 74.5 Å². The van der Waals surface area contributed by atoms with Crippen LogP contribution in [0.25, 0.3) is 0 Å². The highest BCUT2D eigenvalue weighted by Crippen LogP contribution is 2.37. The molecule has 0 aromatic heterocycles. The molecule has 0 fully saturated rings. The van der Waals surface area contributed by atoms with Gasteiger partial charge in [0.25, 0.3) is 0 Å². The lowest BCUT2D eigenvalue weighted by atomic mass is 9.78. The molecule has 3 aromatic carbocycles. The van der Waals surface area contributed by atoms with Crippen LogP contribution in [0.15, 0.2) is 84.9 Å². The maximum Gasteiger partial charge on any atom is 0.119 e. The van der Waals surface area contributed by atoms with Gasteiger partial charge in [-0.05, 0) is 66.5 Å². The summed E-state index contributed by atoms with van der Waals surface area (Å²) in [5, 5.41) is 9.67. The molecular weight excluding hydrogens is 464 g/mol. The first-order valence-electron chi connectivity index (χ1n) is 15.2. The van der Waals surface area contributed by atoms with Gasteiger partial charge in [0.2, 0.25) is 0 Å². The molecule has 3 unspecified atom stereocenters. The number of benzene rings is 3. The number of ether oxygens (including phenoxy) is 1. The van der Waals surface area contributed by atoms with E-state index in [0.717, 1.165) is 12.2 Å². The van der Waals surface area contributed by atoms with E-state index in [1.807, 2.05) is 12.1 Å². The Labute approximate surface area is 232 Å². The highest BCUT2D eigenvalue weighted by Gasteiger charge is 2.23. The molecule has 0 aliphatic carbocycles. The van der Waals surface area contributed by atoms with Crippen molar-refractivity contribution in [3.8, 4) is 11.5 Å². The van der Waals surface area contributed by atoms with Gasteiger partial charge in [0.05, 0.1) is 6.61 Å². The van der Waals surface area contributed by atoms with E-state index in [1.54, 1.807) is 12.1 Å². The third kappa shape index (κ3) is 10.9. The summed E-state index contributed by atoms with van der Waals surface area (Å²) in [6.07, 6.45) is 15.6. The van der Waals surface area contributed by atoms with E-state index >= 15 is 0 Å². The first-order chi connectivity index (χ1) is 18.7. The molecule has 0 heterocycles. The molecule has 1 N–H and O–H groups in total. The lowest BCUT2D eigenvalue weighted by molar-refractivity contribution is 0.247. The number of unbranched alkanes of at least 4 members (excludes halogenated alkanes) is 6. The van der Waals surface area contributed by atoms with Crippen molar-refractivity contribution < 1.29 is 9.84 Å². The zero-order valence-corrected chi connectivity index (χ0v) is 23.9. The Hall–Kier alpha value is -2.74. The monoisotopic (exact) mass is 514 g/mol. The van der Waals surface area contributed by atoms with E-state index in [1.165, 1.54) is 81.8 Å². The second kappa shape index (κ2) is 17.7. The Morgan fingerprint density at radius 2 is 1.13 bits per heavy atom. The van der Waals surface area contributed by atoms with E-state index in [-0.39, 0.29) is 5.75 Å². The summed E-state index contributed by atoms with van der Waals surface area (Å²) in [5.74, 6) is 2.72. The average Bonchev–Trinajstić information content (AvgIpc) is 2.96. The van der Waals surface area contributed by atoms with Gasteiger partial charge in [-0.3, -0.25) is 0 Å². The average molecular weight is 515 g/mol. The molecule has 0 aliphatic heterocycles. The number of rotatable bonds is 19. The summed E-state index contributed by atoms with van der Waals surface area (Å²) >= 11 is 0. The molecule has 0 amide bonds. The van der Waals surface area contributed by atoms with Gasteiger partial charge in [-0.1, -0.05) is 132 Å². The van der Waals surface area contributed by atoms with Crippen molar-refractivity contribution >= 4 is 0 Å². The van der Waals surface area contributed by atoms with Gasteiger partial charge in [0.1, 0.15) is 11.5 Å². The van der Waals surface area contributed by atoms with E-state index < -0.39 is 0 Å². The molecule has 3 atom stereocenters. The van der Waals surface area contributed by atoms with Crippen molar-refractivity contribution in [2.75, 3.05) is 6.61 Å². The lowest BCUT2D eigenvalue weighted by Gasteiger charge is -2.28. The van der Waals surface area contributed by atoms with Crippen LogP contribution in [-0.4, -0.2) is 11.7 Å². The minimum absolute atomic E-state index is 0.273. The van der Waals surface area contributed by atoms with E-state index in [4.69, 9.17) is 4.74 Å². The minimum Gasteiger partial charge on any atom is -0.508 e. The summed E-state index contributed by atoms with van der Waals surface area (Å²) in [4.78, 5) is 0. The Morgan fingerprint density at radius 3 is 1.76 bits per heavy atom. The molecule has 2 nitrogen and oxygen atoms in total. The largest absolute Gasteiger partial charge is 0.508 e. The topological polar surface area (TPSA) is 29.5 Å². The Morgan fingerprint density at radius 1 is 0.579 bits per heavy atom. The van der Waals surface area contributed by atoms with E-state index in [9.17, 15) is 5.11 Å². The third-order valence-electron chi connectivity index (χ3n) is 7.94. The fourth-order valence-electron chi connectivity index (χ4n) is 5.71. The standard InChI is InChI=1S/C36H50O2/c1-3-5-7-8-9-12-17-30(27-33(18-6-4-2)31-19-13-10-14-20-31)28-34(32-21-15-11-16-22-32)29-38-36-25-23-35(37)24-26-36/h10-11,13-16,19-26,30,33-34,37H,3-9,12,17-18,27-29H2,1-2H3. The van der Waals surface area contributed by atoms with Crippen LogP contribution in [0.4, 0.5) is 0 Å². The highest BCUT2D eigenvalue weighted by atomic mass is 16.5. The Bertz CT molecular complexity index is 967. The fourth-order valence-corrected chi connectivity index (χ4v) is 5.71. The molecule has 38 heavy (non-hydrogen) atoms. The van der Waals surface area contributed by atoms with Crippen LogP contribution in [0.3, 0.4) is 0 Å². The van der Waals surface area contributed by atoms with Crippen LogP contribution in [0.5, 0.6) is 11.5 Å². The summed E-state index contributed by atoms with van der Waals surface area (Å²) in [7, 11) is 0. The number of aromatic hydroxyl groups is 1. The summed E-state index contributed by atoms with van der Waals surface area (Å²) in [6.45, 7) is 5.26. The molecule has 0 spiro atoms. The summed E-state index contributed by atoms with van der Waals surface area (Å²) < 4.78 is 6.29. The number of hydrogen-bond acceptors (Lipinski definition) is 2. The summed E-state index contributed by atoms with van der Waals surface area (Å²) in [5.41, 5.74) is 2.87. The number of phenolic OH excluding ortho intramolecular Hbond substituents is 1. The van der Waals surface area contributed by atoms with Crippen LogP contribution in [0, 0.1) is 5.92 Å². The molecule has 3 aromatic rings.